The quantitative estimate of drug-likeness (QED) is 0.813. The number of carbonyl (C=O) groups excluding carboxylic acids is 1. The fourth-order valence-corrected chi connectivity index (χ4v) is 1.66. The molecule has 18 heavy (non-hydrogen) atoms. The summed E-state index contributed by atoms with van der Waals surface area (Å²) in [5.74, 6) is -0.859. The summed E-state index contributed by atoms with van der Waals surface area (Å²) in [6.45, 7) is 1.64. The molecule has 3 nitrogen and oxygen atoms in total. The van der Waals surface area contributed by atoms with Gasteiger partial charge < -0.3 is 4.90 Å². The number of aryl methyl sites for hydroxylation is 1. The lowest BCUT2D eigenvalue weighted by molar-refractivity contribution is 0.0989. The molecule has 0 bridgehead atoms. The second-order valence-corrected chi connectivity index (χ2v) is 4.01. The average molecular weight is 244 g/mol. The van der Waals surface area contributed by atoms with E-state index in [2.05, 4.69) is 4.98 Å². The SMILES string of the molecule is Cc1cccc(C(=O)N(C)c2cccnc2)c1F. The van der Waals surface area contributed by atoms with Crippen molar-refractivity contribution in [3.8, 4) is 0 Å². The van der Waals surface area contributed by atoms with Crippen LogP contribution in [0.1, 0.15) is 15.9 Å². The van der Waals surface area contributed by atoms with Gasteiger partial charge in [0.25, 0.3) is 5.91 Å². The molecule has 0 spiro atoms. The smallest absolute Gasteiger partial charge is 0.261 e. The minimum Gasteiger partial charge on any atom is -0.310 e. The summed E-state index contributed by atoms with van der Waals surface area (Å²) >= 11 is 0. The first-order chi connectivity index (χ1) is 8.61. The average Bonchev–Trinajstić information content (AvgIpc) is 2.41. The van der Waals surface area contributed by atoms with Gasteiger partial charge in [0.1, 0.15) is 5.82 Å². The number of hydrogen-bond acceptors (Lipinski definition) is 2. The van der Waals surface area contributed by atoms with Gasteiger partial charge >= 0.3 is 0 Å². The Bertz CT molecular complexity index is 569. The predicted octanol–water partition coefficient (Wildman–Crippen LogP) is 2.81. The van der Waals surface area contributed by atoms with Crippen LogP contribution in [0.2, 0.25) is 0 Å². The first kappa shape index (κ1) is 12.2. The molecule has 0 N–H and O–H groups in total. The first-order valence-electron chi connectivity index (χ1n) is 5.54. The highest BCUT2D eigenvalue weighted by Gasteiger charge is 2.18. The number of amides is 1. The van der Waals surface area contributed by atoms with E-state index in [1.54, 1.807) is 50.6 Å². The molecule has 4 heteroatoms. The molecular weight excluding hydrogens is 231 g/mol. The molecule has 0 radical (unpaired) electrons. The maximum Gasteiger partial charge on any atom is 0.261 e. The standard InChI is InChI=1S/C14H13FN2O/c1-10-5-3-7-12(13(10)15)14(18)17(2)11-6-4-8-16-9-11/h3-9H,1-2H3. The van der Waals surface area contributed by atoms with Crippen LogP contribution in [0.4, 0.5) is 10.1 Å². The van der Waals surface area contributed by atoms with Gasteiger partial charge in [0.15, 0.2) is 0 Å². The number of carbonyl (C=O) groups is 1. The number of pyridine rings is 1. The Morgan fingerprint density at radius 3 is 2.72 bits per heavy atom. The van der Waals surface area contributed by atoms with Gasteiger partial charge in [-0.3, -0.25) is 9.78 Å². The van der Waals surface area contributed by atoms with E-state index in [1.807, 2.05) is 0 Å². The van der Waals surface area contributed by atoms with Crippen LogP contribution >= 0.6 is 0 Å². The molecule has 1 aromatic carbocycles. The largest absolute Gasteiger partial charge is 0.310 e. The van der Waals surface area contributed by atoms with Crippen molar-refractivity contribution in [1.29, 1.82) is 0 Å². The molecule has 0 aliphatic heterocycles. The number of aromatic nitrogens is 1. The molecule has 0 aliphatic carbocycles. The molecule has 2 rings (SSSR count). The molecule has 1 aromatic heterocycles. The van der Waals surface area contributed by atoms with Crippen LogP contribution in [0.25, 0.3) is 0 Å². The van der Waals surface area contributed by atoms with Gasteiger partial charge in [-0.25, -0.2) is 4.39 Å². The summed E-state index contributed by atoms with van der Waals surface area (Å²) in [6, 6.07) is 8.26. The fraction of sp³-hybridized carbons (Fsp3) is 0.143. The zero-order chi connectivity index (χ0) is 13.1. The van der Waals surface area contributed by atoms with Gasteiger partial charge in [0.05, 0.1) is 17.4 Å². The highest BCUT2D eigenvalue weighted by Crippen LogP contribution is 2.17. The first-order valence-corrected chi connectivity index (χ1v) is 5.54. The summed E-state index contributed by atoms with van der Waals surface area (Å²) in [5.41, 5.74) is 1.16. The van der Waals surface area contributed by atoms with E-state index in [0.717, 1.165) is 0 Å². The Labute approximate surface area is 105 Å². The summed E-state index contributed by atoms with van der Waals surface area (Å²) in [7, 11) is 1.60. The topological polar surface area (TPSA) is 33.2 Å². The van der Waals surface area contributed by atoms with Crippen molar-refractivity contribution in [2.75, 3.05) is 11.9 Å². The minimum atomic E-state index is -0.474. The molecule has 1 amide bonds. The van der Waals surface area contributed by atoms with E-state index in [0.29, 0.717) is 11.3 Å². The lowest BCUT2D eigenvalue weighted by Crippen LogP contribution is -2.27. The Hall–Kier alpha value is -2.23. The highest BCUT2D eigenvalue weighted by molar-refractivity contribution is 6.05. The van der Waals surface area contributed by atoms with Crippen molar-refractivity contribution in [2.24, 2.45) is 0 Å². The summed E-state index contributed by atoms with van der Waals surface area (Å²) < 4.78 is 13.9. The van der Waals surface area contributed by atoms with Gasteiger partial charge in [-0.1, -0.05) is 12.1 Å². The highest BCUT2D eigenvalue weighted by atomic mass is 19.1. The molecule has 0 atom stereocenters. The van der Waals surface area contributed by atoms with Crippen molar-refractivity contribution in [1.82, 2.24) is 4.98 Å². The molecule has 2 aromatic rings. The molecule has 0 unspecified atom stereocenters. The van der Waals surface area contributed by atoms with Gasteiger partial charge in [-0.15, -0.1) is 0 Å². The monoisotopic (exact) mass is 244 g/mol. The second-order valence-electron chi connectivity index (χ2n) is 4.01. The van der Waals surface area contributed by atoms with Gasteiger partial charge in [-0.05, 0) is 30.7 Å². The van der Waals surface area contributed by atoms with Gasteiger partial charge in [0, 0.05) is 13.2 Å². The van der Waals surface area contributed by atoms with Gasteiger partial charge in [-0.2, -0.15) is 0 Å². The van der Waals surface area contributed by atoms with E-state index in [1.165, 1.54) is 11.0 Å². The van der Waals surface area contributed by atoms with Gasteiger partial charge in [0.2, 0.25) is 0 Å². The number of benzene rings is 1. The normalized spacial score (nSPS) is 10.2. The van der Waals surface area contributed by atoms with Crippen LogP contribution in [0.3, 0.4) is 0 Å². The van der Waals surface area contributed by atoms with Crippen molar-refractivity contribution in [2.45, 2.75) is 6.92 Å². The summed E-state index contributed by atoms with van der Waals surface area (Å²) in [6.07, 6.45) is 3.18. The lowest BCUT2D eigenvalue weighted by atomic mass is 10.1. The van der Waals surface area contributed by atoms with Crippen molar-refractivity contribution in [3.63, 3.8) is 0 Å². The van der Waals surface area contributed by atoms with Crippen LogP contribution in [0, 0.1) is 12.7 Å². The lowest BCUT2D eigenvalue weighted by Gasteiger charge is -2.17. The van der Waals surface area contributed by atoms with Crippen molar-refractivity contribution in [3.05, 3.63) is 59.7 Å². The van der Waals surface area contributed by atoms with E-state index in [4.69, 9.17) is 0 Å². The van der Waals surface area contributed by atoms with E-state index in [9.17, 15) is 9.18 Å². The molecule has 0 saturated carbocycles. The summed E-state index contributed by atoms with van der Waals surface area (Å²) in [5, 5.41) is 0. The second kappa shape index (κ2) is 4.96. The van der Waals surface area contributed by atoms with Crippen LogP contribution in [-0.2, 0) is 0 Å². The number of rotatable bonds is 2. The maximum absolute atomic E-state index is 13.9. The molecule has 1 heterocycles. The third-order valence-electron chi connectivity index (χ3n) is 2.76. The van der Waals surface area contributed by atoms with Crippen LogP contribution in [-0.4, -0.2) is 17.9 Å². The zero-order valence-electron chi connectivity index (χ0n) is 10.2. The zero-order valence-corrected chi connectivity index (χ0v) is 10.2. The molecule has 0 aliphatic rings. The predicted molar refractivity (Wildman–Crippen MR) is 68.1 cm³/mol. The van der Waals surface area contributed by atoms with Crippen LogP contribution in [0.15, 0.2) is 42.7 Å². The summed E-state index contributed by atoms with van der Waals surface area (Å²) in [4.78, 5) is 17.5. The molecule has 0 saturated heterocycles. The Morgan fingerprint density at radius 2 is 2.06 bits per heavy atom. The van der Waals surface area contributed by atoms with Crippen molar-refractivity contribution >= 4 is 11.6 Å². The fourth-order valence-electron chi connectivity index (χ4n) is 1.66. The van der Waals surface area contributed by atoms with E-state index in [-0.39, 0.29) is 11.5 Å². The molecular formula is C14H13FN2O. The van der Waals surface area contributed by atoms with Crippen LogP contribution in [0.5, 0.6) is 0 Å². The minimum absolute atomic E-state index is 0.0707. The van der Waals surface area contributed by atoms with E-state index < -0.39 is 5.82 Å². The van der Waals surface area contributed by atoms with Crippen molar-refractivity contribution < 1.29 is 9.18 Å². The Balaban J connectivity index is 2.35. The Kier molecular flexibility index (Phi) is 3.37. The number of nitrogens with zero attached hydrogens (tertiary/aromatic N) is 2. The maximum atomic E-state index is 13.9. The molecule has 0 fully saturated rings. The Morgan fingerprint density at radius 1 is 1.28 bits per heavy atom. The molecule has 92 valence electrons. The number of anilines is 1. The van der Waals surface area contributed by atoms with E-state index >= 15 is 0 Å². The third kappa shape index (κ3) is 2.22. The third-order valence-corrected chi connectivity index (χ3v) is 2.76. The van der Waals surface area contributed by atoms with Crippen LogP contribution < -0.4 is 4.90 Å². The number of hydrogen-bond donors (Lipinski definition) is 0. The number of halogens is 1.